The summed E-state index contributed by atoms with van der Waals surface area (Å²) in [6.45, 7) is 6.85. The van der Waals surface area contributed by atoms with E-state index in [4.69, 9.17) is 23.2 Å². The Morgan fingerprint density at radius 2 is 1.78 bits per heavy atom. The van der Waals surface area contributed by atoms with Gasteiger partial charge in [0.1, 0.15) is 0 Å². The summed E-state index contributed by atoms with van der Waals surface area (Å²) < 4.78 is 0. The van der Waals surface area contributed by atoms with E-state index in [0.717, 1.165) is 0 Å². The third-order valence-corrected chi connectivity index (χ3v) is 1.41. The standard InChI is InChI=1S/C6H6Cl2S/c1-4(7)3-6(9)5(2)8/h3,9H,1-2H2/b6-3+. The normalized spacial score (nSPS) is 11.2. The van der Waals surface area contributed by atoms with Crippen LogP contribution in [0.25, 0.3) is 0 Å². The molecule has 0 aliphatic carbocycles. The molecule has 0 atom stereocenters. The molecule has 0 saturated carbocycles. The molecular formula is C6H6Cl2S. The Morgan fingerprint density at radius 3 is 1.89 bits per heavy atom. The Balaban J connectivity index is 4.17. The zero-order chi connectivity index (χ0) is 7.44. The van der Waals surface area contributed by atoms with Crippen LogP contribution < -0.4 is 0 Å². The zero-order valence-electron chi connectivity index (χ0n) is 4.69. The molecule has 0 N–H and O–H groups in total. The van der Waals surface area contributed by atoms with Gasteiger partial charge >= 0.3 is 0 Å². The van der Waals surface area contributed by atoms with Crippen LogP contribution in [0.4, 0.5) is 0 Å². The lowest BCUT2D eigenvalue weighted by molar-refractivity contribution is 1.83. The van der Waals surface area contributed by atoms with Gasteiger partial charge in [-0.2, -0.15) is 0 Å². The van der Waals surface area contributed by atoms with Gasteiger partial charge in [-0.05, 0) is 6.08 Å². The van der Waals surface area contributed by atoms with Gasteiger partial charge in [-0.15, -0.1) is 12.6 Å². The smallest absolute Gasteiger partial charge is 0.0468 e. The third kappa shape index (κ3) is 4.64. The van der Waals surface area contributed by atoms with Gasteiger partial charge in [0, 0.05) is 15.0 Å². The lowest BCUT2D eigenvalue weighted by Crippen LogP contribution is -1.68. The van der Waals surface area contributed by atoms with Crippen LogP contribution >= 0.6 is 35.8 Å². The van der Waals surface area contributed by atoms with Crippen molar-refractivity contribution in [3.05, 3.63) is 34.2 Å². The van der Waals surface area contributed by atoms with Gasteiger partial charge in [0.05, 0.1) is 0 Å². The predicted octanol–water partition coefficient (Wildman–Crippen LogP) is 3.31. The topological polar surface area (TPSA) is 0 Å². The summed E-state index contributed by atoms with van der Waals surface area (Å²) in [7, 11) is 0. The van der Waals surface area contributed by atoms with Crippen molar-refractivity contribution in [2.75, 3.05) is 0 Å². The Bertz CT molecular complexity index is 170. The average Bonchev–Trinajstić information content (AvgIpc) is 1.63. The van der Waals surface area contributed by atoms with Crippen molar-refractivity contribution in [3.63, 3.8) is 0 Å². The van der Waals surface area contributed by atoms with E-state index < -0.39 is 0 Å². The maximum Gasteiger partial charge on any atom is 0.0468 e. The van der Waals surface area contributed by atoms with E-state index in [0.29, 0.717) is 15.0 Å². The van der Waals surface area contributed by atoms with Gasteiger partial charge in [0.2, 0.25) is 0 Å². The van der Waals surface area contributed by atoms with E-state index in [1.165, 1.54) is 6.08 Å². The third-order valence-electron chi connectivity index (χ3n) is 0.571. The van der Waals surface area contributed by atoms with Crippen molar-refractivity contribution < 1.29 is 0 Å². The summed E-state index contributed by atoms with van der Waals surface area (Å²) in [5, 5.41) is 0.752. The van der Waals surface area contributed by atoms with Gasteiger partial charge < -0.3 is 0 Å². The largest absolute Gasteiger partial charge is 0.142 e. The molecule has 9 heavy (non-hydrogen) atoms. The molecule has 0 heterocycles. The summed E-state index contributed by atoms with van der Waals surface area (Å²) in [4.78, 5) is 0.539. The van der Waals surface area contributed by atoms with Gasteiger partial charge in [0.25, 0.3) is 0 Å². The minimum atomic E-state index is 0.361. The molecule has 3 heteroatoms. The summed E-state index contributed by atoms with van der Waals surface area (Å²) >= 11 is 14.8. The molecule has 0 aliphatic rings. The molecule has 50 valence electrons. The van der Waals surface area contributed by atoms with Crippen LogP contribution in [-0.4, -0.2) is 0 Å². The van der Waals surface area contributed by atoms with Gasteiger partial charge in [-0.3, -0.25) is 0 Å². The number of hydrogen-bond acceptors (Lipinski definition) is 1. The van der Waals surface area contributed by atoms with Crippen LogP contribution in [0.5, 0.6) is 0 Å². The van der Waals surface area contributed by atoms with Gasteiger partial charge in [-0.1, -0.05) is 36.4 Å². The Labute approximate surface area is 70.3 Å². The lowest BCUT2D eigenvalue weighted by Gasteiger charge is -1.91. The zero-order valence-corrected chi connectivity index (χ0v) is 7.10. The molecule has 0 nitrogen and oxygen atoms in total. The molecule has 0 aromatic rings. The quantitative estimate of drug-likeness (QED) is 0.490. The highest BCUT2D eigenvalue weighted by atomic mass is 35.5. The highest BCUT2D eigenvalue weighted by Crippen LogP contribution is 2.18. The van der Waals surface area contributed by atoms with E-state index in [1.807, 2.05) is 0 Å². The van der Waals surface area contributed by atoms with Crippen molar-refractivity contribution >= 4 is 35.8 Å². The first-order chi connectivity index (χ1) is 4.04. The van der Waals surface area contributed by atoms with Gasteiger partial charge in [-0.25, -0.2) is 0 Å². The molecule has 0 aliphatic heterocycles. The minimum Gasteiger partial charge on any atom is -0.142 e. The summed E-state index contributed by atoms with van der Waals surface area (Å²) in [5.41, 5.74) is 0. The van der Waals surface area contributed by atoms with Crippen molar-refractivity contribution in [1.29, 1.82) is 0 Å². The van der Waals surface area contributed by atoms with E-state index in [9.17, 15) is 0 Å². The number of allylic oxidation sites excluding steroid dienone is 3. The molecule has 0 amide bonds. The van der Waals surface area contributed by atoms with Crippen LogP contribution in [0.1, 0.15) is 0 Å². The van der Waals surface area contributed by atoms with Crippen molar-refractivity contribution in [2.24, 2.45) is 0 Å². The van der Waals surface area contributed by atoms with Crippen molar-refractivity contribution in [2.45, 2.75) is 0 Å². The van der Waals surface area contributed by atoms with E-state index in [1.54, 1.807) is 0 Å². The maximum atomic E-state index is 5.43. The molecule has 0 aromatic heterocycles. The maximum absolute atomic E-state index is 5.43. The average molecular weight is 181 g/mol. The van der Waals surface area contributed by atoms with Crippen LogP contribution in [-0.2, 0) is 0 Å². The van der Waals surface area contributed by atoms with Crippen LogP contribution in [0.2, 0.25) is 0 Å². The first kappa shape index (κ1) is 9.15. The van der Waals surface area contributed by atoms with E-state index in [2.05, 4.69) is 25.8 Å². The summed E-state index contributed by atoms with van der Waals surface area (Å²) in [5.74, 6) is 0. The van der Waals surface area contributed by atoms with Crippen molar-refractivity contribution in [3.8, 4) is 0 Å². The highest BCUT2D eigenvalue weighted by Gasteiger charge is 1.91. The molecule has 0 rings (SSSR count). The van der Waals surface area contributed by atoms with Crippen LogP contribution in [0, 0.1) is 0 Å². The van der Waals surface area contributed by atoms with Crippen LogP contribution in [0.3, 0.4) is 0 Å². The SMILES string of the molecule is C=C(Cl)/C=C(/S)C(=C)Cl. The summed E-state index contributed by atoms with van der Waals surface area (Å²) in [6.07, 6.45) is 1.53. The number of hydrogen-bond donors (Lipinski definition) is 1. The number of thiol groups is 1. The second kappa shape index (κ2) is 4.04. The molecule has 0 unspecified atom stereocenters. The Kier molecular flexibility index (Phi) is 4.11. The first-order valence-corrected chi connectivity index (χ1v) is 3.34. The highest BCUT2D eigenvalue weighted by molar-refractivity contribution is 7.85. The molecule has 0 fully saturated rings. The lowest BCUT2D eigenvalue weighted by atomic mass is 10.4. The number of rotatable bonds is 2. The molecule has 0 bridgehead atoms. The first-order valence-electron chi connectivity index (χ1n) is 2.14. The fourth-order valence-electron chi connectivity index (χ4n) is 0.227. The molecular weight excluding hydrogens is 175 g/mol. The minimum absolute atomic E-state index is 0.361. The fourth-order valence-corrected chi connectivity index (χ4v) is 0.622. The fraction of sp³-hybridized carbons (Fsp3) is 0. The second-order valence-corrected chi connectivity index (χ2v) is 2.80. The predicted molar refractivity (Wildman–Crippen MR) is 47.1 cm³/mol. The van der Waals surface area contributed by atoms with E-state index >= 15 is 0 Å². The Hall–Kier alpha value is 0.150. The van der Waals surface area contributed by atoms with Crippen molar-refractivity contribution in [1.82, 2.24) is 0 Å². The van der Waals surface area contributed by atoms with E-state index in [-0.39, 0.29) is 0 Å². The molecule has 0 spiro atoms. The molecule has 0 saturated heterocycles. The Morgan fingerprint density at radius 1 is 1.33 bits per heavy atom. The van der Waals surface area contributed by atoms with Gasteiger partial charge in [0.15, 0.2) is 0 Å². The molecule has 0 aromatic carbocycles. The van der Waals surface area contributed by atoms with Crippen LogP contribution in [0.15, 0.2) is 34.2 Å². The summed E-state index contributed by atoms with van der Waals surface area (Å²) in [6, 6.07) is 0. The number of halogens is 2. The second-order valence-electron chi connectivity index (χ2n) is 1.38. The monoisotopic (exact) mass is 180 g/mol. The molecule has 0 radical (unpaired) electrons.